The van der Waals surface area contributed by atoms with Crippen molar-refractivity contribution < 1.29 is 9.84 Å². The first-order valence-electron chi connectivity index (χ1n) is 7.53. The molecule has 2 saturated carbocycles. The monoisotopic (exact) mass is 255 g/mol. The lowest BCUT2D eigenvalue weighted by molar-refractivity contribution is 0.0166. The lowest BCUT2D eigenvalue weighted by Crippen LogP contribution is -2.34. The van der Waals surface area contributed by atoms with Crippen LogP contribution in [0.1, 0.15) is 45.4 Å². The molecule has 4 atom stereocenters. The van der Waals surface area contributed by atoms with Crippen LogP contribution in [0.2, 0.25) is 0 Å². The Morgan fingerprint density at radius 1 is 1.28 bits per heavy atom. The van der Waals surface area contributed by atoms with Gasteiger partial charge in [-0.3, -0.25) is 0 Å². The predicted molar refractivity (Wildman–Crippen MR) is 73.5 cm³/mol. The molecule has 2 aliphatic carbocycles. The molecule has 3 heteroatoms. The Hall–Kier alpha value is -0.120. The number of rotatable bonds is 8. The maximum atomic E-state index is 10.5. The second kappa shape index (κ2) is 6.36. The lowest BCUT2D eigenvalue weighted by atomic mass is 9.80. The number of hydrogen-bond donors (Lipinski definition) is 2. The van der Waals surface area contributed by atoms with Crippen LogP contribution < -0.4 is 5.32 Å². The molecule has 0 aromatic carbocycles. The van der Waals surface area contributed by atoms with Gasteiger partial charge in [0.1, 0.15) is 0 Å². The van der Waals surface area contributed by atoms with Crippen molar-refractivity contribution >= 4 is 0 Å². The number of fused-ring (bicyclic) bond motifs is 2. The highest BCUT2D eigenvalue weighted by atomic mass is 16.5. The van der Waals surface area contributed by atoms with Crippen molar-refractivity contribution in [1.82, 2.24) is 5.32 Å². The Bertz CT molecular complexity index is 255. The smallest absolute Gasteiger partial charge is 0.0634 e. The van der Waals surface area contributed by atoms with Gasteiger partial charge in [-0.2, -0.15) is 0 Å². The van der Waals surface area contributed by atoms with Gasteiger partial charge in [0.05, 0.1) is 12.2 Å². The van der Waals surface area contributed by atoms with Gasteiger partial charge in [0.15, 0.2) is 0 Å². The SMILES string of the molecule is COCCNCCC(C)(O)CC1CC2CCC1C2. The van der Waals surface area contributed by atoms with Crippen molar-refractivity contribution in [2.45, 2.75) is 51.0 Å². The lowest BCUT2D eigenvalue weighted by Gasteiger charge is -2.31. The van der Waals surface area contributed by atoms with Gasteiger partial charge in [-0.15, -0.1) is 0 Å². The van der Waals surface area contributed by atoms with Crippen molar-refractivity contribution in [2.24, 2.45) is 17.8 Å². The summed E-state index contributed by atoms with van der Waals surface area (Å²) in [6.07, 6.45) is 7.52. The van der Waals surface area contributed by atoms with Crippen molar-refractivity contribution in [2.75, 3.05) is 26.8 Å². The molecule has 4 unspecified atom stereocenters. The van der Waals surface area contributed by atoms with E-state index in [2.05, 4.69) is 5.32 Å². The second-order valence-electron chi connectivity index (χ2n) is 6.63. The fourth-order valence-electron chi connectivity index (χ4n) is 3.95. The summed E-state index contributed by atoms with van der Waals surface area (Å²) < 4.78 is 4.99. The minimum Gasteiger partial charge on any atom is -0.390 e. The summed E-state index contributed by atoms with van der Waals surface area (Å²) in [5, 5.41) is 13.8. The zero-order chi connectivity index (χ0) is 13.0. The number of aliphatic hydroxyl groups is 1. The van der Waals surface area contributed by atoms with Gasteiger partial charge >= 0.3 is 0 Å². The maximum Gasteiger partial charge on any atom is 0.0634 e. The molecule has 2 aliphatic rings. The van der Waals surface area contributed by atoms with Gasteiger partial charge in [0.2, 0.25) is 0 Å². The quantitative estimate of drug-likeness (QED) is 0.653. The molecule has 2 N–H and O–H groups in total. The number of hydrogen-bond acceptors (Lipinski definition) is 3. The van der Waals surface area contributed by atoms with Crippen LogP contribution in [0.3, 0.4) is 0 Å². The normalized spacial score (nSPS) is 33.8. The van der Waals surface area contributed by atoms with E-state index in [-0.39, 0.29) is 0 Å². The Balaban J connectivity index is 1.64. The zero-order valence-electron chi connectivity index (χ0n) is 12.0. The summed E-state index contributed by atoms with van der Waals surface area (Å²) in [6, 6.07) is 0. The molecule has 2 bridgehead atoms. The van der Waals surface area contributed by atoms with E-state index in [9.17, 15) is 5.11 Å². The van der Waals surface area contributed by atoms with Crippen LogP contribution in [0.25, 0.3) is 0 Å². The predicted octanol–water partition coefficient (Wildman–Crippen LogP) is 2.19. The summed E-state index contributed by atoms with van der Waals surface area (Å²) in [7, 11) is 1.72. The number of methoxy groups -OCH3 is 1. The third-order valence-electron chi connectivity index (χ3n) is 4.91. The second-order valence-corrected chi connectivity index (χ2v) is 6.63. The minimum atomic E-state index is -0.491. The molecule has 18 heavy (non-hydrogen) atoms. The molecule has 0 aromatic rings. The highest BCUT2D eigenvalue weighted by molar-refractivity contribution is 4.93. The molecule has 3 nitrogen and oxygen atoms in total. The van der Waals surface area contributed by atoms with Gasteiger partial charge in [-0.25, -0.2) is 0 Å². The van der Waals surface area contributed by atoms with Crippen LogP contribution >= 0.6 is 0 Å². The Labute approximate surface area is 111 Å². The number of nitrogens with one attached hydrogen (secondary N) is 1. The van der Waals surface area contributed by atoms with E-state index in [4.69, 9.17) is 4.74 Å². The van der Waals surface area contributed by atoms with E-state index in [1.54, 1.807) is 7.11 Å². The molecule has 0 saturated heterocycles. The number of ether oxygens (including phenoxy) is 1. The van der Waals surface area contributed by atoms with E-state index in [0.717, 1.165) is 50.3 Å². The van der Waals surface area contributed by atoms with Gasteiger partial charge in [0, 0.05) is 13.7 Å². The van der Waals surface area contributed by atoms with E-state index < -0.39 is 5.60 Å². The average molecular weight is 255 g/mol. The molecule has 0 spiro atoms. The van der Waals surface area contributed by atoms with Gasteiger partial charge < -0.3 is 15.2 Å². The topological polar surface area (TPSA) is 41.5 Å². The van der Waals surface area contributed by atoms with Gasteiger partial charge in [0.25, 0.3) is 0 Å². The molecule has 0 aromatic heterocycles. The first-order valence-corrected chi connectivity index (χ1v) is 7.53. The molecular formula is C15H29NO2. The molecule has 0 aliphatic heterocycles. The van der Waals surface area contributed by atoms with Crippen LogP contribution in [-0.2, 0) is 4.74 Å². The van der Waals surface area contributed by atoms with Crippen LogP contribution in [-0.4, -0.2) is 37.5 Å². The van der Waals surface area contributed by atoms with Crippen LogP contribution in [0.15, 0.2) is 0 Å². The molecule has 0 amide bonds. The van der Waals surface area contributed by atoms with E-state index in [1.807, 2.05) is 6.92 Å². The van der Waals surface area contributed by atoms with Crippen molar-refractivity contribution in [3.63, 3.8) is 0 Å². The molecule has 2 fully saturated rings. The van der Waals surface area contributed by atoms with E-state index in [1.165, 1.54) is 25.7 Å². The van der Waals surface area contributed by atoms with Gasteiger partial charge in [-0.1, -0.05) is 6.42 Å². The van der Waals surface area contributed by atoms with Crippen LogP contribution in [0, 0.1) is 17.8 Å². The average Bonchev–Trinajstić information content (AvgIpc) is 2.90. The fraction of sp³-hybridized carbons (Fsp3) is 1.00. The first kappa shape index (κ1) is 14.3. The highest BCUT2D eigenvalue weighted by Crippen LogP contribution is 2.50. The minimum absolute atomic E-state index is 0.491. The van der Waals surface area contributed by atoms with Crippen LogP contribution in [0.4, 0.5) is 0 Å². The maximum absolute atomic E-state index is 10.5. The standard InChI is InChI=1S/C15H29NO2/c1-15(17,5-6-16-7-8-18-2)11-14-10-12-3-4-13(14)9-12/h12-14,16-17H,3-11H2,1-2H3. The van der Waals surface area contributed by atoms with E-state index in [0.29, 0.717) is 0 Å². The molecule has 0 radical (unpaired) electrons. The zero-order valence-corrected chi connectivity index (χ0v) is 12.0. The Morgan fingerprint density at radius 3 is 2.72 bits per heavy atom. The first-order chi connectivity index (χ1) is 8.61. The van der Waals surface area contributed by atoms with Gasteiger partial charge in [-0.05, 0) is 63.3 Å². The summed E-state index contributed by atoms with van der Waals surface area (Å²) in [6.45, 7) is 4.52. The largest absolute Gasteiger partial charge is 0.390 e. The third kappa shape index (κ3) is 3.94. The van der Waals surface area contributed by atoms with Crippen molar-refractivity contribution in [1.29, 1.82) is 0 Å². The molecular weight excluding hydrogens is 226 g/mol. The van der Waals surface area contributed by atoms with Crippen LogP contribution in [0.5, 0.6) is 0 Å². The highest BCUT2D eigenvalue weighted by Gasteiger charge is 2.41. The van der Waals surface area contributed by atoms with Crippen molar-refractivity contribution in [3.05, 3.63) is 0 Å². The Kier molecular flexibility index (Phi) is 5.05. The molecule has 2 rings (SSSR count). The third-order valence-corrected chi connectivity index (χ3v) is 4.91. The summed E-state index contributed by atoms with van der Waals surface area (Å²) in [4.78, 5) is 0. The molecule has 106 valence electrons. The Morgan fingerprint density at radius 2 is 2.11 bits per heavy atom. The summed E-state index contributed by atoms with van der Waals surface area (Å²) in [5.74, 6) is 2.69. The van der Waals surface area contributed by atoms with E-state index >= 15 is 0 Å². The van der Waals surface area contributed by atoms with Crippen molar-refractivity contribution in [3.8, 4) is 0 Å². The summed E-state index contributed by atoms with van der Waals surface area (Å²) in [5.41, 5.74) is -0.491. The fourth-order valence-corrected chi connectivity index (χ4v) is 3.95. The molecule has 0 heterocycles. The summed E-state index contributed by atoms with van der Waals surface area (Å²) >= 11 is 0.